The summed E-state index contributed by atoms with van der Waals surface area (Å²) in [6.07, 6.45) is 4.57. The molecule has 1 aliphatic carbocycles. The zero-order valence-corrected chi connectivity index (χ0v) is 9.74. The van der Waals surface area contributed by atoms with Gasteiger partial charge >= 0.3 is 10.4 Å². The van der Waals surface area contributed by atoms with Crippen LogP contribution in [0.2, 0.25) is 0 Å². The van der Waals surface area contributed by atoms with Crippen molar-refractivity contribution in [3.05, 3.63) is 0 Å². The molecule has 2 rings (SSSR count). The Balaban J connectivity index is 1.83. The zero-order chi connectivity index (χ0) is 11.6. The highest BCUT2D eigenvalue weighted by Gasteiger charge is 2.42. The van der Waals surface area contributed by atoms with E-state index in [0.717, 1.165) is 25.7 Å². The predicted octanol–water partition coefficient (Wildman–Crippen LogP) is 0.882. The second-order valence-electron chi connectivity index (χ2n) is 4.23. The quantitative estimate of drug-likeness (QED) is 0.751. The molecule has 0 aromatic heterocycles. The second-order valence-corrected chi connectivity index (χ2v) is 5.33. The average Bonchev–Trinajstić information content (AvgIpc) is 2.59. The van der Waals surface area contributed by atoms with Crippen LogP contribution in [0.1, 0.15) is 32.1 Å². The summed E-state index contributed by atoms with van der Waals surface area (Å²) in [4.78, 5) is 0. The number of ether oxygens (including phenoxy) is 2. The molecule has 1 atom stereocenters. The maximum absolute atomic E-state index is 10.4. The molecule has 2 aliphatic rings. The molecule has 0 radical (unpaired) electrons. The molecule has 1 saturated carbocycles. The molecular weight excluding hydrogens is 236 g/mol. The molecule has 0 aromatic rings. The van der Waals surface area contributed by atoms with Crippen LogP contribution in [-0.2, 0) is 24.1 Å². The normalized spacial score (nSPS) is 29.7. The van der Waals surface area contributed by atoms with Crippen molar-refractivity contribution in [1.82, 2.24) is 0 Å². The Morgan fingerprint density at radius 2 is 2.00 bits per heavy atom. The minimum absolute atomic E-state index is 0.194. The maximum Gasteiger partial charge on any atom is 0.397 e. The van der Waals surface area contributed by atoms with Crippen molar-refractivity contribution in [1.29, 1.82) is 0 Å². The Bertz CT molecular complexity index is 332. The van der Waals surface area contributed by atoms with Crippen LogP contribution < -0.4 is 0 Å². The van der Waals surface area contributed by atoms with Crippen molar-refractivity contribution >= 4 is 10.4 Å². The topological polar surface area (TPSA) is 82.1 Å². The van der Waals surface area contributed by atoms with Crippen LogP contribution in [0, 0.1) is 0 Å². The molecule has 16 heavy (non-hydrogen) atoms. The summed E-state index contributed by atoms with van der Waals surface area (Å²) in [5.74, 6) is -0.536. The van der Waals surface area contributed by atoms with E-state index in [4.69, 9.17) is 14.0 Å². The molecule has 0 amide bonds. The Morgan fingerprint density at radius 3 is 2.62 bits per heavy atom. The van der Waals surface area contributed by atoms with Crippen LogP contribution in [-0.4, -0.2) is 38.1 Å². The van der Waals surface area contributed by atoms with Crippen LogP contribution in [0.5, 0.6) is 0 Å². The summed E-state index contributed by atoms with van der Waals surface area (Å²) < 4.78 is 44.7. The average molecular weight is 252 g/mol. The fourth-order valence-electron chi connectivity index (χ4n) is 2.21. The standard InChI is InChI=1S/C9H16O6S/c10-16(11,12)14-7-8-6-13-9(15-8)4-2-1-3-5-9/h8H,1-7H2,(H,10,11,12). The fourth-order valence-corrected chi connectivity index (χ4v) is 2.54. The van der Waals surface area contributed by atoms with Gasteiger partial charge in [-0.25, -0.2) is 4.18 Å². The largest absolute Gasteiger partial charge is 0.397 e. The summed E-state index contributed by atoms with van der Waals surface area (Å²) in [5.41, 5.74) is 0. The molecule has 1 aliphatic heterocycles. The number of hydrogen-bond acceptors (Lipinski definition) is 5. The van der Waals surface area contributed by atoms with E-state index in [1.54, 1.807) is 0 Å². The highest BCUT2D eigenvalue weighted by atomic mass is 32.3. The van der Waals surface area contributed by atoms with Crippen molar-refractivity contribution in [2.75, 3.05) is 13.2 Å². The highest BCUT2D eigenvalue weighted by Crippen LogP contribution is 2.37. The number of rotatable bonds is 3. The molecule has 0 aromatic carbocycles. The Kier molecular flexibility index (Phi) is 3.50. The van der Waals surface area contributed by atoms with Crippen molar-refractivity contribution in [2.45, 2.75) is 44.0 Å². The molecule has 7 heteroatoms. The lowest BCUT2D eigenvalue weighted by Crippen LogP contribution is -2.34. The summed E-state index contributed by atoms with van der Waals surface area (Å²) in [6, 6.07) is 0. The molecule has 2 fully saturated rings. The first-order chi connectivity index (χ1) is 7.49. The van der Waals surface area contributed by atoms with E-state index in [2.05, 4.69) is 4.18 Å². The van der Waals surface area contributed by atoms with E-state index in [1.165, 1.54) is 6.42 Å². The molecule has 1 unspecified atom stereocenters. The predicted molar refractivity (Wildman–Crippen MR) is 54.1 cm³/mol. The summed E-state index contributed by atoms with van der Waals surface area (Å²) in [5, 5.41) is 0. The van der Waals surface area contributed by atoms with Gasteiger partial charge in [-0.3, -0.25) is 4.55 Å². The van der Waals surface area contributed by atoms with Crippen molar-refractivity contribution in [3.63, 3.8) is 0 Å². The van der Waals surface area contributed by atoms with Crippen molar-refractivity contribution in [3.8, 4) is 0 Å². The third-order valence-electron chi connectivity index (χ3n) is 2.93. The third-order valence-corrected chi connectivity index (χ3v) is 3.37. The van der Waals surface area contributed by atoms with Crippen LogP contribution >= 0.6 is 0 Å². The van der Waals surface area contributed by atoms with E-state index in [1.807, 2.05) is 0 Å². The van der Waals surface area contributed by atoms with E-state index >= 15 is 0 Å². The summed E-state index contributed by atoms with van der Waals surface area (Å²) >= 11 is 0. The molecular formula is C9H16O6S. The lowest BCUT2D eigenvalue weighted by atomic mass is 9.94. The molecule has 6 nitrogen and oxygen atoms in total. The zero-order valence-electron chi connectivity index (χ0n) is 8.92. The number of hydrogen-bond donors (Lipinski definition) is 1. The van der Waals surface area contributed by atoms with Gasteiger partial charge in [0.1, 0.15) is 6.10 Å². The van der Waals surface area contributed by atoms with Crippen LogP contribution in [0.15, 0.2) is 0 Å². The van der Waals surface area contributed by atoms with Gasteiger partial charge in [-0.15, -0.1) is 0 Å². The molecule has 0 bridgehead atoms. The van der Waals surface area contributed by atoms with Gasteiger partial charge in [-0.05, 0) is 12.8 Å². The SMILES string of the molecule is O=S(=O)(O)OCC1COC2(CCCCC2)O1. The van der Waals surface area contributed by atoms with Gasteiger partial charge in [-0.2, -0.15) is 8.42 Å². The van der Waals surface area contributed by atoms with Crippen molar-refractivity contribution in [2.24, 2.45) is 0 Å². The van der Waals surface area contributed by atoms with E-state index < -0.39 is 22.3 Å². The van der Waals surface area contributed by atoms with Crippen LogP contribution in [0.25, 0.3) is 0 Å². The van der Waals surface area contributed by atoms with Gasteiger partial charge in [0.2, 0.25) is 0 Å². The fraction of sp³-hybridized carbons (Fsp3) is 1.00. The third kappa shape index (κ3) is 3.14. The molecule has 1 N–H and O–H groups in total. The van der Waals surface area contributed by atoms with E-state index in [9.17, 15) is 8.42 Å². The van der Waals surface area contributed by atoms with Gasteiger partial charge in [0.25, 0.3) is 0 Å². The second kappa shape index (κ2) is 4.58. The molecule has 1 saturated heterocycles. The Hall–Kier alpha value is -0.210. The minimum Gasteiger partial charge on any atom is -0.347 e. The smallest absolute Gasteiger partial charge is 0.347 e. The monoisotopic (exact) mass is 252 g/mol. The Morgan fingerprint density at radius 1 is 1.31 bits per heavy atom. The highest BCUT2D eigenvalue weighted by molar-refractivity contribution is 7.80. The minimum atomic E-state index is -4.39. The van der Waals surface area contributed by atoms with Gasteiger partial charge in [-0.1, -0.05) is 6.42 Å². The van der Waals surface area contributed by atoms with Gasteiger partial charge in [0.15, 0.2) is 5.79 Å². The van der Waals surface area contributed by atoms with Crippen molar-refractivity contribution < 1.29 is 26.6 Å². The Labute approximate surface area is 94.8 Å². The first kappa shape index (κ1) is 12.3. The first-order valence-electron chi connectivity index (χ1n) is 5.43. The summed E-state index contributed by atoms with van der Waals surface area (Å²) in [6.45, 7) is 0.121. The van der Waals surface area contributed by atoms with Gasteiger partial charge in [0.05, 0.1) is 13.2 Å². The van der Waals surface area contributed by atoms with Gasteiger partial charge < -0.3 is 9.47 Å². The molecule has 1 spiro atoms. The van der Waals surface area contributed by atoms with E-state index in [0.29, 0.717) is 6.61 Å². The van der Waals surface area contributed by atoms with Gasteiger partial charge in [0, 0.05) is 12.8 Å². The lowest BCUT2D eigenvalue weighted by molar-refractivity contribution is -0.189. The maximum atomic E-state index is 10.4. The van der Waals surface area contributed by atoms with E-state index in [-0.39, 0.29) is 6.61 Å². The molecule has 94 valence electrons. The van der Waals surface area contributed by atoms with Crippen LogP contribution in [0.3, 0.4) is 0 Å². The molecule has 1 heterocycles. The van der Waals surface area contributed by atoms with Crippen LogP contribution in [0.4, 0.5) is 0 Å². The lowest BCUT2D eigenvalue weighted by Gasteiger charge is -2.31. The summed E-state index contributed by atoms with van der Waals surface area (Å²) in [7, 11) is -4.39. The first-order valence-corrected chi connectivity index (χ1v) is 6.79.